The molecule has 0 atom stereocenters. The molecule has 0 radical (unpaired) electrons. The summed E-state index contributed by atoms with van der Waals surface area (Å²) in [7, 11) is 0. The minimum absolute atomic E-state index is 1.14. The van der Waals surface area contributed by atoms with E-state index >= 15 is 0 Å². The summed E-state index contributed by atoms with van der Waals surface area (Å²) in [5.41, 5.74) is 2.51. The van der Waals surface area contributed by atoms with Gasteiger partial charge in [0.1, 0.15) is 0 Å². The summed E-state index contributed by atoms with van der Waals surface area (Å²) >= 11 is 3.65. The van der Waals surface area contributed by atoms with Crippen LogP contribution in [0.2, 0.25) is 0 Å². The van der Waals surface area contributed by atoms with E-state index in [4.69, 9.17) is 0 Å². The van der Waals surface area contributed by atoms with Gasteiger partial charge in [-0.25, -0.2) is 0 Å². The van der Waals surface area contributed by atoms with Gasteiger partial charge in [0.25, 0.3) is 0 Å². The third-order valence-corrected chi connectivity index (χ3v) is 3.60. The molecule has 0 nitrogen and oxygen atoms in total. The minimum atomic E-state index is 1.14. The maximum absolute atomic E-state index is 3.65. The molecule has 0 aliphatic carbocycles. The molecule has 1 heteroatoms. The van der Waals surface area contributed by atoms with Crippen LogP contribution in [0.25, 0.3) is 21.9 Å². The molecule has 0 aromatic heterocycles. The van der Waals surface area contributed by atoms with Crippen LogP contribution in [0.1, 0.15) is 0 Å². The molecule has 0 heterocycles. The summed E-state index contributed by atoms with van der Waals surface area (Å²) in [6.45, 7) is 0. The van der Waals surface area contributed by atoms with Crippen molar-refractivity contribution in [2.45, 2.75) is 0 Å². The molecule has 0 fully saturated rings. The molecule has 3 rings (SSSR count). The normalized spacial score (nSPS) is 10.6. The SMILES string of the molecule is Brc1ccc2ccccc2c1-c1ccccc1. The maximum Gasteiger partial charge on any atom is 0.0260 e. The Balaban J connectivity index is 2.39. The van der Waals surface area contributed by atoms with Gasteiger partial charge in [0.15, 0.2) is 0 Å². The van der Waals surface area contributed by atoms with Crippen LogP contribution < -0.4 is 0 Å². The number of hydrogen-bond donors (Lipinski definition) is 0. The summed E-state index contributed by atoms with van der Waals surface area (Å²) in [4.78, 5) is 0. The van der Waals surface area contributed by atoms with Crippen molar-refractivity contribution < 1.29 is 0 Å². The predicted octanol–water partition coefficient (Wildman–Crippen LogP) is 5.27. The van der Waals surface area contributed by atoms with Gasteiger partial charge in [-0.15, -0.1) is 0 Å². The number of halogens is 1. The number of hydrogen-bond acceptors (Lipinski definition) is 0. The Bertz CT molecular complexity index is 657. The molecule has 0 saturated carbocycles. The lowest BCUT2D eigenvalue weighted by molar-refractivity contribution is 1.62. The molecule has 0 spiro atoms. The first-order valence-corrected chi connectivity index (χ1v) is 6.38. The number of fused-ring (bicyclic) bond motifs is 1. The average molecular weight is 283 g/mol. The van der Waals surface area contributed by atoms with Crippen LogP contribution in [0.3, 0.4) is 0 Å². The van der Waals surface area contributed by atoms with Gasteiger partial charge in [0.05, 0.1) is 0 Å². The monoisotopic (exact) mass is 282 g/mol. The van der Waals surface area contributed by atoms with Gasteiger partial charge in [0, 0.05) is 10.0 Å². The average Bonchev–Trinajstić information content (AvgIpc) is 2.39. The summed E-state index contributed by atoms with van der Waals surface area (Å²) in [5, 5.41) is 2.56. The van der Waals surface area contributed by atoms with Gasteiger partial charge in [-0.2, -0.15) is 0 Å². The summed E-state index contributed by atoms with van der Waals surface area (Å²) in [6, 6.07) is 23.2. The first-order chi connectivity index (χ1) is 8.36. The smallest absolute Gasteiger partial charge is 0.0260 e. The summed E-state index contributed by atoms with van der Waals surface area (Å²) in [5.74, 6) is 0. The van der Waals surface area contributed by atoms with Gasteiger partial charge in [-0.05, 0) is 22.4 Å². The highest BCUT2D eigenvalue weighted by Gasteiger charge is 2.07. The van der Waals surface area contributed by atoms with Crippen LogP contribution in [-0.4, -0.2) is 0 Å². The van der Waals surface area contributed by atoms with Crippen molar-refractivity contribution in [3.63, 3.8) is 0 Å². The van der Waals surface area contributed by atoms with Gasteiger partial charge >= 0.3 is 0 Å². The van der Waals surface area contributed by atoms with Crippen molar-refractivity contribution in [2.75, 3.05) is 0 Å². The molecule has 17 heavy (non-hydrogen) atoms. The lowest BCUT2D eigenvalue weighted by Gasteiger charge is -2.09. The van der Waals surface area contributed by atoms with Crippen molar-refractivity contribution in [3.05, 3.63) is 71.2 Å². The van der Waals surface area contributed by atoms with Gasteiger partial charge < -0.3 is 0 Å². The Kier molecular flexibility index (Phi) is 2.69. The van der Waals surface area contributed by atoms with E-state index in [1.54, 1.807) is 0 Å². The molecule has 3 aromatic carbocycles. The van der Waals surface area contributed by atoms with Crippen molar-refractivity contribution >= 4 is 26.7 Å². The van der Waals surface area contributed by atoms with Crippen LogP contribution in [0.4, 0.5) is 0 Å². The zero-order chi connectivity index (χ0) is 11.7. The lowest BCUT2D eigenvalue weighted by Crippen LogP contribution is -1.82. The Morgan fingerprint density at radius 1 is 0.647 bits per heavy atom. The third-order valence-electron chi connectivity index (χ3n) is 2.94. The standard InChI is InChI=1S/C16H11Br/c17-15-11-10-12-6-4-5-9-14(12)16(15)13-7-2-1-3-8-13/h1-11H. The largest absolute Gasteiger partial charge is 0.0622 e. The summed E-state index contributed by atoms with van der Waals surface area (Å²) < 4.78 is 1.14. The predicted molar refractivity (Wildman–Crippen MR) is 77.1 cm³/mol. The second-order valence-electron chi connectivity index (χ2n) is 4.01. The Labute approximate surface area is 109 Å². The fraction of sp³-hybridized carbons (Fsp3) is 0. The van der Waals surface area contributed by atoms with E-state index in [1.165, 1.54) is 21.9 Å². The van der Waals surface area contributed by atoms with Crippen molar-refractivity contribution in [3.8, 4) is 11.1 Å². The van der Waals surface area contributed by atoms with E-state index < -0.39 is 0 Å². The highest BCUT2D eigenvalue weighted by molar-refractivity contribution is 9.10. The van der Waals surface area contributed by atoms with Crippen LogP contribution in [0.15, 0.2) is 71.2 Å². The Morgan fingerprint density at radius 2 is 1.35 bits per heavy atom. The fourth-order valence-corrected chi connectivity index (χ4v) is 2.72. The van der Waals surface area contributed by atoms with E-state index in [-0.39, 0.29) is 0 Å². The zero-order valence-corrected chi connectivity index (χ0v) is 10.8. The first kappa shape index (κ1) is 10.5. The van der Waals surface area contributed by atoms with Gasteiger partial charge in [0.2, 0.25) is 0 Å². The fourth-order valence-electron chi connectivity index (χ4n) is 2.14. The van der Waals surface area contributed by atoms with Crippen molar-refractivity contribution in [1.82, 2.24) is 0 Å². The van der Waals surface area contributed by atoms with Gasteiger partial charge in [-0.3, -0.25) is 0 Å². The first-order valence-electron chi connectivity index (χ1n) is 5.59. The number of benzene rings is 3. The minimum Gasteiger partial charge on any atom is -0.0622 e. The maximum atomic E-state index is 3.65. The van der Waals surface area contributed by atoms with Crippen LogP contribution in [0, 0.1) is 0 Å². The molecule has 0 N–H and O–H groups in total. The van der Waals surface area contributed by atoms with Crippen molar-refractivity contribution in [1.29, 1.82) is 0 Å². The zero-order valence-electron chi connectivity index (χ0n) is 9.23. The van der Waals surface area contributed by atoms with Crippen molar-refractivity contribution in [2.24, 2.45) is 0 Å². The second-order valence-corrected chi connectivity index (χ2v) is 4.86. The van der Waals surface area contributed by atoms with Crippen LogP contribution in [0.5, 0.6) is 0 Å². The molecule has 0 saturated heterocycles. The van der Waals surface area contributed by atoms with Crippen LogP contribution >= 0.6 is 15.9 Å². The van der Waals surface area contributed by atoms with Crippen LogP contribution in [-0.2, 0) is 0 Å². The molecule has 0 unspecified atom stereocenters. The van der Waals surface area contributed by atoms with E-state index in [2.05, 4.69) is 76.6 Å². The van der Waals surface area contributed by atoms with E-state index in [0.717, 1.165) is 4.47 Å². The Morgan fingerprint density at radius 3 is 2.18 bits per heavy atom. The lowest BCUT2D eigenvalue weighted by atomic mass is 9.98. The molecule has 0 bridgehead atoms. The summed E-state index contributed by atoms with van der Waals surface area (Å²) in [6.07, 6.45) is 0. The molecule has 0 aliphatic rings. The molecule has 0 aliphatic heterocycles. The Hall–Kier alpha value is -1.60. The molecule has 3 aromatic rings. The quantitative estimate of drug-likeness (QED) is 0.570. The molecule has 82 valence electrons. The second kappa shape index (κ2) is 4.34. The molecule has 0 amide bonds. The van der Waals surface area contributed by atoms with E-state index in [0.29, 0.717) is 0 Å². The third kappa shape index (κ3) is 1.87. The number of rotatable bonds is 1. The van der Waals surface area contributed by atoms with Gasteiger partial charge in [-0.1, -0.05) is 76.6 Å². The highest BCUT2D eigenvalue weighted by Crippen LogP contribution is 2.35. The van der Waals surface area contributed by atoms with E-state index in [1.807, 2.05) is 6.07 Å². The highest BCUT2D eigenvalue weighted by atomic mass is 79.9. The molecular formula is C16H11Br. The topological polar surface area (TPSA) is 0 Å². The van der Waals surface area contributed by atoms with E-state index in [9.17, 15) is 0 Å². The molecular weight excluding hydrogens is 272 g/mol.